The van der Waals surface area contributed by atoms with Gasteiger partial charge in [-0.05, 0) is 18.8 Å². The first-order valence-electron chi connectivity index (χ1n) is 3.85. The minimum atomic E-state index is 0.550. The van der Waals surface area contributed by atoms with E-state index in [1.165, 1.54) is 12.1 Å². The second kappa shape index (κ2) is 3.38. The average molecular weight is 160 g/mol. The first-order chi connectivity index (χ1) is 4.74. The number of hydrogen-bond acceptors (Lipinski definition) is 1. The van der Waals surface area contributed by atoms with E-state index in [-0.39, 0.29) is 0 Å². The van der Waals surface area contributed by atoms with Gasteiger partial charge in [0.25, 0.3) is 0 Å². The Morgan fingerprint density at radius 3 is 2.70 bits per heavy atom. The highest BCUT2D eigenvalue weighted by atomic mass is 35.5. The SMILES string of the molecule is CC(C)C1CCC(CCl)=N1. The zero-order chi connectivity index (χ0) is 7.56. The zero-order valence-electron chi connectivity index (χ0n) is 6.60. The molecule has 0 radical (unpaired) electrons. The topological polar surface area (TPSA) is 12.4 Å². The maximum absolute atomic E-state index is 5.65. The fraction of sp³-hybridized carbons (Fsp3) is 0.875. The Labute approximate surface area is 67.5 Å². The summed E-state index contributed by atoms with van der Waals surface area (Å²) in [5.41, 5.74) is 1.19. The molecule has 1 heterocycles. The minimum Gasteiger partial charge on any atom is -0.289 e. The van der Waals surface area contributed by atoms with Crippen molar-refractivity contribution in [3.63, 3.8) is 0 Å². The molecular weight excluding hydrogens is 146 g/mol. The number of aliphatic imine (C=N–C) groups is 1. The molecule has 1 atom stereocenters. The minimum absolute atomic E-state index is 0.550. The van der Waals surface area contributed by atoms with Gasteiger partial charge < -0.3 is 0 Å². The molecule has 0 aromatic rings. The van der Waals surface area contributed by atoms with E-state index >= 15 is 0 Å². The molecule has 0 bridgehead atoms. The zero-order valence-corrected chi connectivity index (χ0v) is 7.36. The summed E-state index contributed by atoms with van der Waals surface area (Å²) < 4.78 is 0. The predicted octanol–water partition coefficient (Wildman–Crippen LogP) is 2.48. The van der Waals surface area contributed by atoms with Gasteiger partial charge in [-0.25, -0.2) is 0 Å². The highest BCUT2D eigenvalue weighted by Gasteiger charge is 2.18. The quantitative estimate of drug-likeness (QED) is 0.549. The van der Waals surface area contributed by atoms with Crippen molar-refractivity contribution in [1.82, 2.24) is 0 Å². The van der Waals surface area contributed by atoms with Crippen molar-refractivity contribution >= 4 is 17.3 Å². The largest absolute Gasteiger partial charge is 0.289 e. The smallest absolute Gasteiger partial charge is 0.0603 e. The number of alkyl halides is 1. The molecule has 0 spiro atoms. The summed E-state index contributed by atoms with van der Waals surface area (Å²) in [5, 5.41) is 0. The van der Waals surface area contributed by atoms with Crippen LogP contribution >= 0.6 is 11.6 Å². The molecule has 0 aliphatic carbocycles. The first-order valence-corrected chi connectivity index (χ1v) is 4.39. The third-order valence-corrected chi connectivity index (χ3v) is 2.31. The summed E-state index contributed by atoms with van der Waals surface area (Å²) in [5.74, 6) is 1.31. The van der Waals surface area contributed by atoms with E-state index in [4.69, 9.17) is 11.6 Å². The van der Waals surface area contributed by atoms with Crippen molar-refractivity contribution in [2.75, 3.05) is 5.88 Å². The molecule has 1 nitrogen and oxygen atoms in total. The fourth-order valence-electron chi connectivity index (χ4n) is 1.26. The van der Waals surface area contributed by atoms with Crippen molar-refractivity contribution in [1.29, 1.82) is 0 Å². The van der Waals surface area contributed by atoms with Crippen molar-refractivity contribution in [3.8, 4) is 0 Å². The number of rotatable bonds is 2. The first kappa shape index (κ1) is 8.06. The molecule has 0 fully saturated rings. The van der Waals surface area contributed by atoms with E-state index in [1.54, 1.807) is 0 Å². The Morgan fingerprint density at radius 2 is 2.40 bits per heavy atom. The molecule has 2 heteroatoms. The highest BCUT2D eigenvalue weighted by molar-refractivity contribution is 6.28. The molecule has 0 N–H and O–H groups in total. The molecule has 0 aromatic carbocycles. The Morgan fingerprint density at radius 1 is 1.70 bits per heavy atom. The van der Waals surface area contributed by atoms with Gasteiger partial charge in [0.2, 0.25) is 0 Å². The third-order valence-electron chi connectivity index (χ3n) is 2.00. The van der Waals surface area contributed by atoms with Gasteiger partial charge >= 0.3 is 0 Å². The van der Waals surface area contributed by atoms with E-state index in [9.17, 15) is 0 Å². The number of halogens is 1. The summed E-state index contributed by atoms with van der Waals surface area (Å²) >= 11 is 5.65. The summed E-state index contributed by atoms with van der Waals surface area (Å²) in [6.07, 6.45) is 2.33. The maximum Gasteiger partial charge on any atom is 0.0603 e. The maximum atomic E-state index is 5.65. The lowest BCUT2D eigenvalue weighted by Gasteiger charge is -2.08. The Kier molecular flexibility index (Phi) is 2.72. The Balaban J connectivity index is 2.47. The van der Waals surface area contributed by atoms with E-state index in [2.05, 4.69) is 18.8 Å². The highest BCUT2D eigenvalue weighted by Crippen LogP contribution is 2.20. The van der Waals surface area contributed by atoms with Crippen molar-refractivity contribution in [2.45, 2.75) is 32.7 Å². The van der Waals surface area contributed by atoms with Gasteiger partial charge in [-0.1, -0.05) is 13.8 Å². The van der Waals surface area contributed by atoms with Crippen LogP contribution in [0.2, 0.25) is 0 Å². The second-order valence-electron chi connectivity index (χ2n) is 3.18. The fourth-order valence-corrected chi connectivity index (χ4v) is 1.46. The van der Waals surface area contributed by atoms with Gasteiger partial charge in [-0.3, -0.25) is 4.99 Å². The molecule has 1 rings (SSSR count). The molecule has 0 aromatic heterocycles. The standard InChI is InChI=1S/C8H14ClN/c1-6(2)8-4-3-7(5-9)10-8/h6,8H,3-5H2,1-2H3. The Bertz CT molecular complexity index is 140. The lowest BCUT2D eigenvalue weighted by Crippen LogP contribution is -2.07. The van der Waals surface area contributed by atoms with Gasteiger partial charge in [-0.2, -0.15) is 0 Å². The van der Waals surface area contributed by atoms with Crippen LogP contribution in [0.15, 0.2) is 4.99 Å². The van der Waals surface area contributed by atoms with Crippen molar-refractivity contribution in [2.24, 2.45) is 10.9 Å². The predicted molar refractivity (Wildman–Crippen MR) is 46.0 cm³/mol. The molecule has 1 aliphatic heterocycles. The van der Waals surface area contributed by atoms with Crippen molar-refractivity contribution in [3.05, 3.63) is 0 Å². The van der Waals surface area contributed by atoms with E-state index < -0.39 is 0 Å². The summed E-state index contributed by atoms with van der Waals surface area (Å²) in [4.78, 5) is 4.49. The molecule has 0 saturated heterocycles. The van der Waals surface area contributed by atoms with Gasteiger partial charge in [0, 0.05) is 5.71 Å². The molecule has 1 aliphatic rings. The average Bonchev–Trinajstić information content (AvgIpc) is 2.34. The summed E-state index contributed by atoms with van der Waals surface area (Å²) in [7, 11) is 0. The van der Waals surface area contributed by atoms with Crippen LogP contribution in [0.3, 0.4) is 0 Å². The van der Waals surface area contributed by atoms with Gasteiger partial charge in [0.1, 0.15) is 0 Å². The van der Waals surface area contributed by atoms with Crippen LogP contribution in [0, 0.1) is 5.92 Å². The molecule has 0 saturated carbocycles. The van der Waals surface area contributed by atoms with E-state index in [0.29, 0.717) is 17.8 Å². The Hall–Kier alpha value is -0.0400. The van der Waals surface area contributed by atoms with Crippen molar-refractivity contribution < 1.29 is 0 Å². The van der Waals surface area contributed by atoms with Crippen LogP contribution in [-0.2, 0) is 0 Å². The van der Waals surface area contributed by atoms with Crippen LogP contribution in [0.5, 0.6) is 0 Å². The lowest BCUT2D eigenvalue weighted by atomic mass is 10.0. The van der Waals surface area contributed by atoms with E-state index in [0.717, 1.165) is 6.42 Å². The van der Waals surface area contributed by atoms with Crippen LogP contribution in [0.25, 0.3) is 0 Å². The van der Waals surface area contributed by atoms with Crippen LogP contribution in [0.1, 0.15) is 26.7 Å². The molecule has 0 amide bonds. The monoisotopic (exact) mass is 159 g/mol. The summed E-state index contributed by atoms with van der Waals surface area (Å²) in [6.45, 7) is 4.43. The van der Waals surface area contributed by atoms with Gasteiger partial charge in [0.15, 0.2) is 0 Å². The normalized spacial score (nSPS) is 25.6. The van der Waals surface area contributed by atoms with Crippen LogP contribution < -0.4 is 0 Å². The van der Waals surface area contributed by atoms with Gasteiger partial charge in [-0.15, -0.1) is 11.6 Å². The number of hydrogen-bond donors (Lipinski definition) is 0. The molecule has 10 heavy (non-hydrogen) atoms. The number of nitrogens with zero attached hydrogens (tertiary/aromatic N) is 1. The third kappa shape index (κ3) is 1.72. The second-order valence-corrected chi connectivity index (χ2v) is 3.45. The molecule has 1 unspecified atom stereocenters. The van der Waals surface area contributed by atoms with Crippen LogP contribution in [-0.4, -0.2) is 17.6 Å². The summed E-state index contributed by atoms with van der Waals surface area (Å²) in [6, 6.07) is 0.550. The molecule has 58 valence electrons. The van der Waals surface area contributed by atoms with Gasteiger partial charge in [0.05, 0.1) is 11.9 Å². The van der Waals surface area contributed by atoms with Crippen LogP contribution in [0.4, 0.5) is 0 Å². The lowest BCUT2D eigenvalue weighted by molar-refractivity contribution is 0.494. The molecular formula is C8H14ClN. The van der Waals surface area contributed by atoms with E-state index in [1.807, 2.05) is 0 Å².